The van der Waals surface area contributed by atoms with Gasteiger partial charge in [-0.3, -0.25) is 0 Å². The Bertz CT molecular complexity index is 597. The summed E-state index contributed by atoms with van der Waals surface area (Å²) in [6, 6.07) is 2.68. The van der Waals surface area contributed by atoms with E-state index < -0.39 is 11.6 Å². The van der Waals surface area contributed by atoms with Crippen LogP contribution in [0.1, 0.15) is 50.4 Å². The molecule has 1 aromatic heterocycles. The lowest BCUT2D eigenvalue weighted by atomic mass is 10.0. The van der Waals surface area contributed by atoms with Crippen molar-refractivity contribution in [3.8, 4) is 5.88 Å². The van der Waals surface area contributed by atoms with Crippen LogP contribution in [0, 0.1) is 0 Å². The summed E-state index contributed by atoms with van der Waals surface area (Å²) < 4.78 is 11.1. The van der Waals surface area contributed by atoms with Crippen LogP contribution in [0.15, 0.2) is 18.3 Å². The third kappa shape index (κ3) is 5.11. The molecule has 2 heterocycles. The van der Waals surface area contributed by atoms with E-state index in [9.17, 15) is 9.59 Å². The maximum Gasteiger partial charge on any atom is 0.410 e. The van der Waals surface area contributed by atoms with Crippen molar-refractivity contribution in [1.29, 1.82) is 0 Å². The molecule has 1 aromatic rings. The van der Waals surface area contributed by atoms with Crippen LogP contribution in [0.5, 0.6) is 5.88 Å². The Hall–Kier alpha value is -2.31. The Kier molecular flexibility index (Phi) is 5.64. The number of likely N-dealkylation sites (tertiary alicyclic amines) is 1. The summed E-state index contributed by atoms with van der Waals surface area (Å²) in [6.45, 7) is 6.39. The Morgan fingerprint density at radius 3 is 2.79 bits per heavy atom. The number of rotatable bonds is 4. The third-order valence-corrected chi connectivity index (χ3v) is 3.66. The molecule has 1 unspecified atom stereocenters. The molecule has 0 aromatic carbocycles. The summed E-state index contributed by atoms with van der Waals surface area (Å²) in [7, 11) is 0. The predicted molar refractivity (Wildman–Crippen MR) is 87.3 cm³/mol. The zero-order valence-corrected chi connectivity index (χ0v) is 14.3. The number of carbonyl (C=O) groups is 2. The quantitative estimate of drug-likeness (QED) is 0.909. The smallest absolute Gasteiger partial charge is 0.410 e. The van der Waals surface area contributed by atoms with E-state index in [-0.39, 0.29) is 30.2 Å². The van der Waals surface area contributed by atoms with Crippen molar-refractivity contribution >= 4 is 12.1 Å². The fraction of sp³-hybridized carbons (Fsp3) is 0.588. The normalized spacial score (nSPS) is 18.1. The number of carboxylic acid groups (broad SMARTS) is 1. The maximum absolute atomic E-state index is 12.3. The molecule has 1 amide bonds. The molecular formula is C17H24N2O5. The molecule has 24 heavy (non-hydrogen) atoms. The van der Waals surface area contributed by atoms with Gasteiger partial charge >= 0.3 is 12.1 Å². The van der Waals surface area contributed by atoms with E-state index in [1.807, 2.05) is 20.8 Å². The second kappa shape index (κ2) is 7.51. The first-order valence-electron chi connectivity index (χ1n) is 8.08. The molecule has 1 atom stereocenters. The predicted octanol–water partition coefficient (Wildman–Crippen LogP) is 2.95. The van der Waals surface area contributed by atoms with Gasteiger partial charge in [-0.25, -0.2) is 14.6 Å². The first kappa shape index (κ1) is 18.0. The van der Waals surface area contributed by atoms with Gasteiger partial charge in [-0.1, -0.05) is 0 Å². The number of pyridine rings is 1. The van der Waals surface area contributed by atoms with Crippen LogP contribution < -0.4 is 4.74 Å². The van der Waals surface area contributed by atoms with Gasteiger partial charge in [-0.05, 0) is 46.1 Å². The number of aromatic carboxylic acids is 1. The molecule has 1 aliphatic rings. The Morgan fingerprint density at radius 1 is 1.38 bits per heavy atom. The van der Waals surface area contributed by atoms with Crippen LogP contribution in [0.2, 0.25) is 0 Å². The van der Waals surface area contributed by atoms with Crippen molar-refractivity contribution in [3.05, 3.63) is 23.9 Å². The number of aromatic nitrogens is 1. The number of piperidine rings is 1. The number of hydrogen-bond donors (Lipinski definition) is 1. The van der Waals surface area contributed by atoms with E-state index in [1.165, 1.54) is 18.3 Å². The molecule has 2 rings (SSSR count). The van der Waals surface area contributed by atoms with Gasteiger partial charge in [-0.15, -0.1) is 0 Å². The summed E-state index contributed by atoms with van der Waals surface area (Å²) in [5.74, 6) is -0.792. The van der Waals surface area contributed by atoms with Crippen molar-refractivity contribution in [2.45, 2.75) is 51.7 Å². The van der Waals surface area contributed by atoms with Gasteiger partial charge in [0.25, 0.3) is 0 Å². The number of carboxylic acids is 1. The molecule has 1 fully saturated rings. The molecule has 0 aliphatic carbocycles. The first-order valence-corrected chi connectivity index (χ1v) is 8.08. The third-order valence-electron chi connectivity index (χ3n) is 3.66. The lowest BCUT2D eigenvalue weighted by Crippen LogP contribution is -2.48. The fourth-order valence-electron chi connectivity index (χ4n) is 2.54. The molecule has 7 heteroatoms. The van der Waals surface area contributed by atoms with Crippen LogP contribution in [0.3, 0.4) is 0 Å². The van der Waals surface area contributed by atoms with Gasteiger partial charge in [-0.2, -0.15) is 0 Å². The number of amides is 1. The Balaban J connectivity index is 1.99. The van der Waals surface area contributed by atoms with Gasteiger partial charge < -0.3 is 19.5 Å². The average Bonchev–Trinajstić information content (AvgIpc) is 2.52. The van der Waals surface area contributed by atoms with Crippen LogP contribution in [0.25, 0.3) is 0 Å². The second-order valence-corrected chi connectivity index (χ2v) is 6.82. The summed E-state index contributed by atoms with van der Waals surface area (Å²) in [6.07, 6.45) is 3.81. The fourth-order valence-corrected chi connectivity index (χ4v) is 2.54. The van der Waals surface area contributed by atoms with E-state index in [0.717, 1.165) is 19.3 Å². The minimum absolute atomic E-state index is 0.108. The molecule has 0 radical (unpaired) electrons. The van der Waals surface area contributed by atoms with Crippen LogP contribution in [-0.2, 0) is 4.74 Å². The van der Waals surface area contributed by atoms with Crippen molar-refractivity contribution in [2.75, 3.05) is 13.2 Å². The average molecular weight is 336 g/mol. The van der Waals surface area contributed by atoms with Gasteiger partial charge in [0.2, 0.25) is 5.88 Å². The maximum atomic E-state index is 12.3. The number of nitrogens with zero attached hydrogens (tertiary/aromatic N) is 2. The summed E-state index contributed by atoms with van der Waals surface area (Å²) >= 11 is 0. The molecule has 7 nitrogen and oxygen atoms in total. The topological polar surface area (TPSA) is 89.0 Å². The highest BCUT2D eigenvalue weighted by Crippen LogP contribution is 2.21. The van der Waals surface area contributed by atoms with E-state index >= 15 is 0 Å². The highest BCUT2D eigenvalue weighted by atomic mass is 16.6. The van der Waals surface area contributed by atoms with Gasteiger partial charge in [0.05, 0.1) is 11.6 Å². The minimum Gasteiger partial charge on any atom is -0.478 e. The largest absolute Gasteiger partial charge is 0.478 e. The highest BCUT2D eigenvalue weighted by molar-refractivity contribution is 5.87. The molecule has 1 N–H and O–H groups in total. The number of hydrogen-bond acceptors (Lipinski definition) is 5. The molecule has 0 spiro atoms. The van der Waals surface area contributed by atoms with Crippen molar-refractivity contribution < 1.29 is 24.2 Å². The van der Waals surface area contributed by atoms with E-state index in [2.05, 4.69) is 4.98 Å². The number of carbonyl (C=O) groups excluding carboxylic acids is 1. The summed E-state index contributed by atoms with van der Waals surface area (Å²) in [5, 5.41) is 9.00. The molecule has 0 bridgehead atoms. The Morgan fingerprint density at radius 2 is 2.12 bits per heavy atom. The molecule has 1 aliphatic heterocycles. The lowest BCUT2D eigenvalue weighted by molar-refractivity contribution is 0.00335. The first-order chi connectivity index (χ1) is 11.3. The van der Waals surface area contributed by atoms with Crippen molar-refractivity contribution in [1.82, 2.24) is 9.88 Å². The Labute approximate surface area is 141 Å². The summed E-state index contributed by atoms with van der Waals surface area (Å²) in [4.78, 5) is 29.0. The SMILES string of the molecule is CC(C)(C)OC(=O)N1CCCCC1COc1cc(C(=O)O)ccn1. The standard InChI is InChI=1S/C17H24N2O5/c1-17(2,3)24-16(22)19-9-5-4-6-13(19)11-23-14-10-12(15(20)21)7-8-18-14/h7-8,10,13H,4-6,9,11H2,1-3H3,(H,20,21). The molecule has 132 valence electrons. The monoisotopic (exact) mass is 336 g/mol. The molecule has 0 saturated carbocycles. The van der Waals surface area contributed by atoms with E-state index in [4.69, 9.17) is 14.6 Å². The van der Waals surface area contributed by atoms with Crippen LogP contribution >= 0.6 is 0 Å². The highest BCUT2D eigenvalue weighted by Gasteiger charge is 2.31. The van der Waals surface area contributed by atoms with Crippen molar-refractivity contribution in [2.24, 2.45) is 0 Å². The number of ether oxygens (including phenoxy) is 2. The lowest BCUT2D eigenvalue weighted by Gasteiger charge is -2.36. The summed E-state index contributed by atoms with van der Waals surface area (Å²) in [5.41, 5.74) is -0.426. The van der Waals surface area contributed by atoms with Crippen molar-refractivity contribution in [3.63, 3.8) is 0 Å². The van der Waals surface area contributed by atoms with E-state index in [1.54, 1.807) is 4.90 Å². The van der Waals surface area contributed by atoms with Gasteiger partial charge in [0.1, 0.15) is 12.2 Å². The van der Waals surface area contributed by atoms with Crippen LogP contribution in [0.4, 0.5) is 4.79 Å². The van der Waals surface area contributed by atoms with E-state index in [0.29, 0.717) is 6.54 Å². The minimum atomic E-state index is -1.03. The van der Waals surface area contributed by atoms with Crippen LogP contribution in [-0.4, -0.2) is 51.8 Å². The second-order valence-electron chi connectivity index (χ2n) is 6.82. The molecule has 1 saturated heterocycles. The zero-order valence-electron chi connectivity index (χ0n) is 14.3. The molecular weight excluding hydrogens is 312 g/mol. The van der Waals surface area contributed by atoms with Gasteiger partial charge in [0.15, 0.2) is 0 Å². The zero-order chi connectivity index (χ0) is 17.7. The van der Waals surface area contributed by atoms with Gasteiger partial charge in [0, 0.05) is 18.8 Å².